The topological polar surface area (TPSA) is 81.1 Å². The van der Waals surface area contributed by atoms with Gasteiger partial charge in [-0.05, 0) is 49.2 Å². The van der Waals surface area contributed by atoms with E-state index in [4.69, 9.17) is 0 Å². The molecule has 1 aliphatic carbocycles. The third-order valence-electron chi connectivity index (χ3n) is 5.31. The fourth-order valence-corrected chi connectivity index (χ4v) is 5.60. The summed E-state index contributed by atoms with van der Waals surface area (Å²) < 4.78 is 26.5. The van der Waals surface area contributed by atoms with E-state index in [2.05, 4.69) is 10.3 Å². The lowest BCUT2D eigenvalue weighted by molar-refractivity contribution is -0.115. The minimum Gasteiger partial charge on any atom is -0.326 e. The number of para-hydroxylation sites is 2. The van der Waals surface area contributed by atoms with Gasteiger partial charge >= 0.3 is 0 Å². The van der Waals surface area contributed by atoms with Crippen LogP contribution in [0.25, 0.3) is 16.7 Å². The van der Waals surface area contributed by atoms with Gasteiger partial charge in [0.1, 0.15) is 6.33 Å². The maximum atomic E-state index is 12.3. The van der Waals surface area contributed by atoms with E-state index >= 15 is 0 Å². The molecule has 28 heavy (non-hydrogen) atoms. The van der Waals surface area contributed by atoms with Crippen LogP contribution in [0.15, 0.2) is 54.9 Å². The number of anilines is 1. The highest BCUT2D eigenvalue weighted by atomic mass is 32.2. The van der Waals surface area contributed by atoms with E-state index in [1.54, 1.807) is 6.33 Å². The highest BCUT2D eigenvalue weighted by Gasteiger charge is 2.28. The van der Waals surface area contributed by atoms with Crippen molar-refractivity contribution in [2.24, 2.45) is 0 Å². The highest BCUT2D eigenvalue weighted by Crippen LogP contribution is 2.25. The number of carbonyl (C=O) groups is 1. The second kappa shape index (κ2) is 7.75. The van der Waals surface area contributed by atoms with Crippen LogP contribution < -0.4 is 5.32 Å². The van der Waals surface area contributed by atoms with Gasteiger partial charge < -0.3 is 5.32 Å². The van der Waals surface area contributed by atoms with Crippen LogP contribution in [0.1, 0.15) is 32.1 Å². The SMILES string of the molecule is O=C(CCS(=O)(=O)C1CCCC1)Nc1ccc(-n2cnc3ccccc32)cc1. The summed E-state index contributed by atoms with van der Waals surface area (Å²) in [5.74, 6) is -0.356. The average molecular weight is 398 g/mol. The Morgan fingerprint density at radius 1 is 1.07 bits per heavy atom. The number of nitrogens with zero attached hydrogens (tertiary/aromatic N) is 2. The predicted molar refractivity (Wildman–Crippen MR) is 110 cm³/mol. The summed E-state index contributed by atoms with van der Waals surface area (Å²) in [6.07, 6.45) is 5.16. The van der Waals surface area contributed by atoms with Crippen molar-refractivity contribution >= 4 is 32.5 Å². The Kier molecular flexibility index (Phi) is 5.17. The molecule has 0 aliphatic heterocycles. The third kappa shape index (κ3) is 3.94. The lowest BCUT2D eigenvalue weighted by Gasteiger charge is -2.11. The number of fused-ring (bicyclic) bond motifs is 1. The molecule has 0 atom stereocenters. The van der Waals surface area contributed by atoms with E-state index in [9.17, 15) is 13.2 Å². The molecule has 1 fully saturated rings. The quantitative estimate of drug-likeness (QED) is 0.687. The number of aromatic nitrogens is 2. The number of imidazole rings is 1. The van der Waals surface area contributed by atoms with E-state index in [1.807, 2.05) is 53.1 Å². The number of benzene rings is 2. The zero-order valence-electron chi connectivity index (χ0n) is 15.5. The molecule has 2 aromatic carbocycles. The summed E-state index contributed by atoms with van der Waals surface area (Å²) in [7, 11) is -3.18. The molecule has 1 aromatic heterocycles. The summed E-state index contributed by atoms with van der Waals surface area (Å²) in [6.45, 7) is 0. The van der Waals surface area contributed by atoms with Gasteiger partial charge in [0.15, 0.2) is 9.84 Å². The standard InChI is InChI=1S/C21H23N3O3S/c25-21(13-14-28(26,27)18-5-1-2-6-18)23-16-9-11-17(12-10-16)24-15-22-19-7-3-4-8-20(19)24/h3-4,7-12,15,18H,1-2,5-6,13-14H2,(H,23,25). The first-order valence-corrected chi connectivity index (χ1v) is 11.3. The molecule has 7 heteroatoms. The maximum Gasteiger partial charge on any atom is 0.225 e. The Balaban J connectivity index is 1.38. The maximum absolute atomic E-state index is 12.3. The molecule has 0 unspecified atom stereocenters. The summed E-state index contributed by atoms with van der Waals surface area (Å²) in [5, 5.41) is 2.53. The third-order valence-corrected chi connectivity index (χ3v) is 7.57. The summed E-state index contributed by atoms with van der Waals surface area (Å²) in [5.41, 5.74) is 3.52. The fraction of sp³-hybridized carbons (Fsp3) is 0.333. The molecular formula is C21H23N3O3S. The van der Waals surface area contributed by atoms with Crippen LogP contribution in [-0.2, 0) is 14.6 Å². The number of hydrogen-bond acceptors (Lipinski definition) is 4. The van der Waals surface area contributed by atoms with E-state index in [0.717, 1.165) is 42.4 Å². The van der Waals surface area contributed by atoms with Crippen molar-refractivity contribution in [3.05, 3.63) is 54.9 Å². The molecule has 1 amide bonds. The molecule has 6 nitrogen and oxygen atoms in total. The largest absolute Gasteiger partial charge is 0.326 e. The summed E-state index contributed by atoms with van der Waals surface area (Å²) >= 11 is 0. The second-order valence-corrected chi connectivity index (χ2v) is 9.62. The zero-order valence-corrected chi connectivity index (χ0v) is 16.4. The smallest absolute Gasteiger partial charge is 0.225 e. The van der Waals surface area contributed by atoms with Crippen LogP contribution in [-0.4, -0.2) is 34.9 Å². The molecule has 1 heterocycles. The summed E-state index contributed by atoms with van der Waals surface area (Å²) in [6, 6.07) is 15.3. The molecule has 146 valence electrons. The van der Waals surface area contributed by atoms with Crippen molar-refractivity contribution in [1.29, 1.82) is 0 Å². The van der Waals surface area contributed by atoms with Gasteiger partial charge in [-0.2, -0.15) is 0 Å². The molecule has 1 N–H and O–H groups in total. The van der Waals surface area contributed by atoms with E-state index in [0.29, 0.717) is 5.69 Å². The van der Waals surface area contributed by atoms with Crippen LogP contribution in [0.5, 0.6) is 0 Å². The minimum absolute atomic E-state index is 0.00720. The first kappa shape index (κ1) is 18.7. The van der Waals surface area contributed by atoms with Crippen LogP contribution in [0.3, 0.4) is 0 Å². The molecule has 0 spiro atoms. The van der Waals surface area contributed by atoms with Gasteiger partial charge in [0.25, 0.3) is 0 Å². The van der Waals surface area contributed by atoms with Crippen molar-refractivity contribution in [2.45, 2.75) is 37.4 Å². The Hall–Kier alpha value is -2.67. The van der Waals surface area contributed by atoms with Gasteiger partial charge in [0.05, 0.1) is 22.0 Å². The molecular weight excluding hydrogens is 374 g/mol. The Bertz CT molecular complexity index is 1080. The number of hydrogen-bond donors (Lipinski definition) is 1. The first-order chi connectivity index (χ1) is 13.5. The first-order valence-electron chi connectivity index (χ1n) is 9.57. The van der Waals surface area contributed by atoms with Gasteiger partial charge in [-0.15, -0.1) is 0 Å². The second-order valence-electron chi connectivity index (χ2n) is 7.22. The number of nitrogens with one attached hydrogen (secondary N) is 1. The van der Waals surface area contributed by atoms with Crippen LogP contribution in [0, 0.1) is 0 Å². The molecule has 0 radical (unpaired) electrons. The van der Waals surface area contributed by atoms with Crippen molar-refractivity contribution in [3.63, 3.8) is 0 Å². The molecule has 4 rings (SSSR count). The Morgan fingerprint density at radius 2 is 1.79 bits per heavy atom. The number of carbonyl (C=O) groups excluding carboxylic acids is 1. The lowest BCUT2D eigenvalue weighted by Crippen LogP contribution is -2.24. The van der Waals surface area contributed by atoms with Crippen LogP contribution in [0.4, 0.5) is 5.69 Å². The van der Waals surface area contributed by atoms with Gasteiger partial charge in [-0.25, -0.2) is 13.4 Å². The van der Waals surface area contributed by atoms with E-state index in [1.165, 1.54) is 0 Å². The number of sulfone groups is 1. The Labute approximate surface area is 164 Å². The number of rotatable bonds is 6. The van der Waals surface area contributed by atoms with Crippen molar-refractivity contribution in [1.82, 2.24) is 9.55 Å². The van der Waals surface area contributed by atoms with Gasteiger partial charge in [-0.1, -0.05) is 25.0 Å². The van der Waals surface area contributed by atoms with Crippen molar-refractivity contribution in [3.8, 4) is 5.69 Å². The van der Waals surface area contributed by atoms with Gasteiger partial charge in [0.2, 0.25) is 5.91 Å². The van der Waals surface area contributed by atoms with Crippen molar-refractivity contribution in [2.75, 3.05) is 11.1 Å². The predicted octanol–water partition coefficient (Wildman–Crippen LogP) is 3.71. The zero-order chi connectivity index (χ0) is 19.6. The van der Waals surface area contributed by atoms with E-state index < -0.39 is 9.84 Å². The molecule has 3 aromatic rings. The number of amides is 1. The Morgan fingerprint density at radius 3 is 2.54 bits per heavy atom. The summed E-state index contributed by atoms with van der Waals surface area (Å²) in [4.78, 5) is 16.6. The minimum atomic E-state index is -3.18. The molecule has 0 saturated heterocycles. The molecule has 1 saturated carbocycles. The highest BCUT2D eigenvalue weighted by molar-refractivity contribution is 7.92. The lowest BCUT2D eigenvalue weighted by atomic mass is 10.2. The normalized spacial score (nSPS) is 15.1. The van der Waals surface area contributed by atoms with E-state index in [-0.39, 0.29) is 23.3 Å². The van der Waals surface area contributed by atoms with Crippen molar-refractivity contribution < 1.29 is 13.2 Å². The van der Waals surface area contributed by atoms with Gasteiger partial charge in [-0.3, -0.25) is 9.36 Å². The molecule has 1 aliphatic rings. The average Bonchev–Trinajstić information content (AvgIpc) is 3.38. The molecule has 0 bridgehead atoms. The van der Waals surface area contributed by atoms with Gasteiger partial charge in [0, 0.05) is 17.8 Å². The fourth-order valence-electron chi connectivity index (χ4n) is 3.74. The van der Waals surface area contributed by atoms with Crippen LogP contribution in [0.2, 0.25) is 0 Å². The monoisotopic (exact) mass is 397 g/mol. The van der Waals surface area contributed by atoms with Crippen LogP contribution >= 0.6 is 0 Å².